The monoisotopic (exact) mass is 310 g/mol. The van der Waals surface area contributed by atoms with Crippen LogP contribution >= 0.6 is 11.8 Å². The van der Waals surface area contributed by atoms with E-state index >= 15 is 0 Å². The molecule has 0 aliphatic carbocycles. The molecule has 0 saturated heterocycles. The minimum absolute atomic E-state index is 0.0494. The summed E-state index contributed by atoms with van der Waals surface area (Å²) in [5.41, 5.74) is 5.85. The molecule has 2 aromatic rings. The maximum atomic E-state index is 14.0. The maximum absolute atomic E-state index is 14.0. The van der Waals surface area contributed by atoms with Gasteiger partial charge >= 0.3 is 0 Å². The molecule has 2 heterocycles. The van der Waals surface area contributed by atoms with Crippen LogP contribution in [0.2, 0.25) is 0 Å². The highest BCUT2D eigenvalue weighted by Crippen LogP contribution is 2.33. The zero-order valence-electron chi connectivity index (χ0n) is 11.5. The Labute approximate surface area is 125 Å². The molecule has 21 heavy (non-hydrogen) atoms. The average molecular weight is 310 g/mol. The first-order valence-electron chi connectivity index (χ1n) is 6.97. The van der Waals surface area contributed by atoms with Gasteiger partial charge in [0.05, 0.1) is 4.90 Å². The molecule has 1 aromatic carbocycles. The van der Waals surface area contributed by atoms with E-state index in [2.05, 4.69) is 10.2 Å². The van der Waals surface area contributed by atoms with Crippen molar-refractivity contribution < 1.29 is 8.78 Å². The van der Waals surface area contributed by atoms with E-state index in [0.717, 1.165) is 49.8 Å². The number of fused-ring (bicyclic) bond motifs is 1. The lowest BCUT2D eigenvalue weighted by Gasteiger charge is -2.08. The van der Waals surface area contributed by atoms with Gasteiger partial charge in [-0.25, -0.2) is 8.78 Å². The Hall–Kier alpha value is -1.47. The standard InChI is InChI=1S/C14H16F2N4S/c15-10-6-9(8-17)7-11(16)13(10)21-14-19-18-12-4-2-1-3-5-20(12)14/h6-7H,1-5,8,17H2. The molecule has 0 fully saturated rings. The number of rotatable bonds is 3. The van der Waals surface area contributed by atoms with Gasteiger partial charge in [0.2, 0.25) is 0 Å². The Morgan fingerprint density at radius 2 is 1.90 bits per heavy atom. The van der Waals surface area contributed by atoms with Crippen molar-refractivity contribution in [3.8, 4) is 0 Å². The number of aromatic nitrogens is 3. The summed E-state index contributed by atoms with van der Waals surface area (Å²) in [5, 5.41) is 8.76. The zero-order chi connectivity index (χ0) is 14.8. The van der Waals surface area contributed by atoms with Crippen LogP contribution in [0.5, 0.6) is 0 Å². The largest absolute Gasteiger partial charge is 0.326 e. The van der Waals surface area contributed by atoms with Crippen molar-refractivity contribution in [3.63, 3.8) is 0 Å². The van der Waals surface area contributed by atoms with Crippen molar-refractivity contribution in [1.29, 1.82) is 0 Å². The number of nitrogens with zero attached hydrogens (tertiary/aromatic N) is 3. The lowest BCUT2D eigenvalue weighted by atomic mass is 10.2. The molecule has 4 nitrogen and oxygen atoms in total. The molecule has 1 aliphatic rings. The van der Waals surface area contributed by atoms with Crippen LogP contribution in [-0.4, -0.2) is 14.8 Å². The van der Waals surface area contributed by atoms with Gasteiger partial charge in [-0.1, -0.05) is 6.42 Å². The molecule has 1 aliphatic heterocycles. The molecule has 7 heteroatoms. The second-order valence-corrected chi connectivity index (χ2v) is 6.03. The van der Waals surface area contributed by atoms with Crippen molar-refractivity contribution in [2.75, 3.05) is 0 Å². The molecule has 0 unspecified atom stereocenters. The Kier molecular flexibility index (Phi) is 4.21. The normalized spacial score (nSPS) is 14.8. The summed E-state index contributed by atoms with van der Waals surface area (Å²) in [7, 11) is 0. The summed E-state index contributed by atoms with van der Waals surface area (Å²) in [6.45, 7) is 0.911. The fraction of sp³-hybridized carbons (Fsp3) is 0.429. The highest BCUT2D eigenvalue weighted by molar-refractivity contribution is 7.99. The number of halogens is 2. The van der Waals surface area contributed by atoms with Crippen molar-refractivity contribution in [1.82, 2.24) is 14.8 Å². The number of hydrogen-bond donors (Lipinski definition) is 1. The topological polar surface area (TPSA) is 56.7 Å². The SMILES string of the molecule is NCc1cc(F)c(Sc2nnc3n2CCCCC3)c(F)c1. The number of nitrogens with two attached hydrogens (primary N) is 1. The lowest BCUT2D eigenvalue weighted by Crippen LogP contribution is -2.03. The van der Waals surface area contributed by atoms with Gasteiger partial charge in [-0.3, -0.25) is 0 Å². The molecular formula is C14H16F2N4S. The fourth-order valence-electron chi connectivity index (χ4n) is 2.45. The van der Waals surface area contributed by atoms with Crippen LogP contribution in [-0.2, 0) is 19.5 Å². The first-order chi connectivity index (χ1) is 10.2. The third-order valence-corrected chi connectivity index (χ3v) is 4.64. The summed E-state index contributed by atoms with van der Waals surface area (Å²) in [6, 6.07) is 2.54. The average Bonchev–Trinajstić information content (AvgIpc) is 2.70. The molecule has 3 rings (SSSR count). The first-order valence-corrected chi connectivity index (χ1v) is 7.78. The smallest absolute Gasteiger partial charge is 0.196 e. The van der Waals surface area contributed by atoms with Gasteiger partial charge in [0.1, 0.15) is 17.5 Å². The Balaban J connectivity index is 1.92. The van der Waals surface area contributed by atoms with Crippen molar-refractivity contribution in [3.05, 3.63) is 35.2 Å². The first kappa shape index (κ1) is 14.5. The van der Waals surface area contributed by atoms with E-state index < -0.39 is 11.6 Å². The van der Waals surface area contributed by atoms with Gasteiger partial charge in [-0.2, -0.15) is 0 Å². The molecule has 1 aromatic heterocycles. The van der Waals surface area contributed by atoms with Gasteiger partial charge in [-0.05, 0) is 42.3 Å². The number of aryl methyl sites for hydroxylation is 1. The van der Waals surface area contributed by atoms with Crippen LogP contribution < -0.4 is 5.73 Å². The quantitative estimate of drug-likeness (QED) is 0.947. The van der Waals surface area contributed by atoms with Crippen LogP contribution in [0.1, 0.15) is 30.7 Å². The number of benzene rings is 1. The summed E-state index contributed by atoms with van der Waals surface area (Å²) in [6.07, 6.45) is 4.12. The molecule has 0 spiro atoms. The van der Waals surface area contributed by atoms with Crippen molar-refractivity contribution in [2.24, 2.45) is 5.73 Å². The molecule has 0 amide bonds. The molecule has 0 atom stereocenters. The van der Waals surface area contributed by atoms with Gasteiger partial charge < -0.3 is 10.3 Å². The van der Waals surface area contributed by atoms with Crippen molar-refractivity contribution in [2.45, 2.75) is 48.8 Å². The van der Waals surface area contributed by atoms with E-state index in [9.17, 15) is 8.78 Å². The van der Waals surface area contributed by atoms with Gasteiger partial charge in [-0.15, -0.1) is 10.2 Å². The molecule has 0 bridgehead atoms. The van der Waals surface area contributed by atoms with E-state index in [0.29, 0.717) is 10.7 Å². The molecule has 0 saturated carbocycles. The van der Waals surface area contributed by atoms with Crippen molar-refractivity contribution >= 4 is 11.8 Å². The molecule has 2 N–H and O–H groups in total. The zero-order valence-corrected chi connectivity index (χ0v) is 12.3. The predicted octanol–water partition coefficient (Wildman–Crippen LogP) is 2.89. The summed E-state index contributed by atoms with van der Waals surface area (Å²) >= 11 is 0.989. The van der Waals surface area contributed by atoms with Gasteiger partial charge in [0, 0.05) is 19.5 Å². The molecular weight excluding hydrogens is 294 g/mol. The Morgan fingerprint density at radius 3 is 2.62 bits per heavy atom. The minimum atomic E-state index is -0.605. The fourth-order valence-corrected chi connectivity index (χ4v) is 3.34. The van der Waals surface area contributed by atoms with Crippen LogP contribution in [0.3, 0.4) is 0 Å². The van der Waals surface area contributed by atoms with Crippen LogP contribution in [0, 0.1) is 11.6 Å². The van der Waals surface area contributed by atoms with Crippen LogP contribution in [0.4, 0.5) is 8.78 Å². The summed E-state index contributed by atoms with van der Waals surface area (Å²) < 4.78 is 30.0. The second-order valence-electron chi connectivity index (χ2n) is 5.06. The second kappa shape index (κ2) is 6.11. The summed E-state index contributed by atoms with van der Waals surface area (Å²) in [5.74, 6) is -0.313. The highest BCUT2D eigenvalue weighted by atomic mass is 32.2. The lowest BCUT2D eigenvalue weighted by molar-refractivity contribution is 0.535. The van der Waals surface area contributed by atoms with E-state index in [1.165, 1.54) is 12.1 Å². The van der Waals surface area contributed by atoms with Crippen LogP contribution in [0.15, 0.2) is 22.2 Å². The third-order valence-electron chi connectivity index (χ3n) is 3.56. The Morgan fingerprint density at radius 1 is 1.14 bits per heavy atom. The number of hydrogen-bond acceptors (Lipinski definition) is 4. The van der Waals surface area contributed by atoms with Crippen LogP contribution in [0.25, 0.3) is 0 Å². The van der Waals surface area contributed by atoms with Gasteiger partial charge in [0.15, 0.2) is 5.16 Å². The predicted molar refractivity (Wildman–Crippen MR) is 75.9 cm³/mol. The van der Waals surface area contributed by atoms with E-state index in [4.69, 9.17) is 5.73 Å². The Bertz CT molecular complexity index is 633. The third kappa shape index (κ3) is 2.94. The van der Waals surface area contributed by atoms with E-state index in [1.54, 1.807) is 0 Å². The molecule has 112 valence electrons. The van der Waals surface area contributed by atoms with E-state index in [1.807, 2.05) is 4.57 Å². The minimum Gasteiger partial charge on any atom is -0.326 e. The van der Waals surface area contributed by atoms with Gasteiger partial charge in [0.25, 0.3) is 0 Å². The summed E-state index contributed by atoms with van der Waals surface area (Å²) in [4.78, 5) is -0.0494. The van der Waals surface area contributed by atoms with E-state index in [-0.39, 0.29) is 11.4 Å². The highest BCUT2D eigenvalue weighted by Gasteiger charge is 2.19. The maximum Gasteiger partial charge on any atom is 0.196 e. The molecule has 0 radical (unpaired) electrons.